The topological polar surface area (TPSA) is 62.5 Å². The summed E-state index contributed by atoms with van der Waals surface area (Å²) in [6.45, 7) is 1.62. The molecular weight excluding hydrogens is 249 g/mol. The summed E-state index contributed by atoms with van der Waals surface area (Å²) in [5, 5.41) is 12.3. The summed E-state index contributed by atoms with van der Waals surface area (Å²) in [7, 11) is 0. The Morgan fingerprint density at radius 2 is 2.26 bits per heavy atom. The van der Waals surface area contributed by atoms with E-state index in [1.807, 2.05) is 0 Å². The fourth-order valence-electron chi connectivity index (χ4n) is 1.66. The van der Waals surface area contributed by atoms with Gasteiger partial charge in [-0.15, -0.1) is 0 Å². The first kappa shape index (κ1) is 13.3. The van der Waals surface area contributed by atoms with Crippen LogP contribution >= 0.6 is 0 Å². The van der Waals surface area contributed by atoms with Crippen LogP contribution in [0, 0.1) is 12.7 Å². The number of benzene rings is 1. The van der Waals surface area contributed by atoms with Crippen LogP contribution in [-0.4, -0.2) is 17.6 Å². The Bertz CT molecular complexity index is 566. The molecule has 0 spiro atoms. The smallest absolute Gasteiger partial charge is 0.251 e. The third kappa shape index (κ3) is 3.20. The number of aliphatic hydroxyl groups is 1. The van der Waals surface area contributed by atoms with E-state index in [4.69, 9.17) is 4.42 Å². The SMILES string of the molecule is Cc1cc(C(=O)NCC(O)c2ccco2)ccc1F. The Morgan fingerprint density at radius 3 is 2.89 bits per heavy atom. The number of hydrogen-bond acceptors (Lipinski definition) is 3. The van der Waals surface area contributed by atoms with Crippen LogP contribution in [0.4, 0.5) is 4.39 Å². The van der Waals surface area contributed by atoms with Crippen LogP contribution in [0.2, 0.25) is 0 Å². The molecule has 2 aromatic rings. The molecule has 0 saturated carbocycles. The molecule has 100 valence electrons. The van der Waals surface area contributed by atoms with Crippen LogP contribution in [0.1, 0.15) is 27.8 Å². The molecule has 0 radical (unpaired) electrons. The highest BCUT2D eigenvalue weighted by atomic mass is 19.1. The molecule has 2 rings (SSSR count). The van der Waals surface area contributed by atoms with Gasteiger partial charge in [0.2, 0.25) is 0 Å². The maximum absolute atomic E-state index is 13.1. The number of hydrogen-bond donors (Lipinski definition) is 2. The van der Waals surface area contributed by atoms with Crippen LogP contribution in [0.15, 0.2) is 41.0 Å². The van der Waals surface area contributed by atoms with Gasteiger partial charge in [0, 0.05) is 5.56 Å². The predicted molar refractivity (Wildman–Crippen MR) is 67.1 cm³/mol. The summed E-state index contributed by atoms with van der Waals surface area (Å²) in [6.07, 6.45) is 0.546. The minimum Gasteiger partial charge on any atom is -0.467 e. The van der Waals surface area contributed by atoms with Crippen molar-refractivity contribution < 1.29 is 18.7 Å². The van der Waals surface area contributed by atoms with Gasteiger partial charge in [0.15, 0.2) is 0 Å². The van der Waals surface area contributed by atoms with E-state index in [-0.39, 0.29) is 18.3 Å². The van der Waals surface area contributed by atoms with Crippen molar-refractivity contribution in [2.75, 3.05) is 6.54 Å². The van der Waals surface area contributed by atoms with Crippen molar-refractivity contribution in [2.24, 2.45) is 0 Å². The largest absolute Gasteiger partial charge is 0.467 e. The molecule has 1 atom stereocenters. The molecule has 0 aliphatic carbocycles. The monoisotopic (exact) mass is 263 g/mol. The van der Waals surface area contributed by atoms with Gasteiger partial charge in [0.05, 0.1) is 12.8 Å². The van der Waals surface area contributed by atoms with Gasteiger partial charge in [0.1, 0.15) is 17.7 Å². The average Bonchev–Trinajstić information content (AvgIpc) is 2.92. The van der Waals surface area contributed by atoms with Crippen molar-refractivity contribution >= 4 is 5.91 Å². The Labute approximate surface area is 109 Å². The number of halogens is 1. The predicted octanol–water partition coefficient (Wildman–Crippen LogP) is 2.19. The molecule has 1 unspecified atom stereocenters. The zero-order chi connectivity index (χ0) is 13.8. The number of carbonyl (C=O) groups excluding carboxylic acids is 1. The number of nitrogens with one attached hydrogen (secondary N) is 1. The van der Waals surface area contributed by atoms with Gasteiger partial charge in [-0.3, -0.25) is 4.79 Å². The van der Waals surface area contributed by atoms with Crippen LogP contribution < -0.4 is 5.32 Å². The highest BCUT2D eigenvalue weighted by molar-refractivity contribution is 5.94. The second-order valence-electron chi connectivity index (χ2n) is 4.21. The minimum absolute atomic E-state index is 0.0305. The number of furan rings is 1. The number of amides is 1. The highest BCUT2D eigenvalue weighted by Gasteiger charge is 2.13. The lowest BCUT2D eigenvalue weighted by Crippen LogP contribution is -2.28. The van der Waals surface area contributed by atoms with Gasteiger partial charge >= 0.3 is 0 Å². The maximum atomic E-state index is 13.1. The normalized spacial score (nSPS) is 12.2. The number of aliphatic hydroxyl groups excluding tert-OH is 1. The molecule has 2 N–H and O–H groups in total. The van der Waals surface area contributed by atoms with Crippen LogP contribution in [-0.2, 0) is 0 Å². The van der Waals surface area contributed by atoms with E-state index in [2.05, 4.69) is 5.32 Å². The van der Waals surface area contributed by atoms with Gasteiger partial charge in [-0.1, -0.05) is 0 Å². The van der Waals surface area contributed by atoms with Crippen molar-refractivity contribution in [3.8, 4) is 0 Å². The van der Waals surface area contributed by atoms with E-state index in [1.54, 1.807) is 19.1 Å². The Balaban J connectivity index is 1.96. The van der Waals surface area contributed by atoms with Gasteiger partial charge in [0.25, 0.3) is 5.91 Å². The second-order valence-corrected chi connectivity index (χ2v) is 4.21. The molecule has 0 aliphatic rings. The first-order valence-corrected chi connectivity index (χ1v) is 5.83. The van der Waals surface area contributed by atoms with Crippen LogP contribution in [0.5, 0.6) is 0 Å². The molecule has 0 fully saturated rings. The fraction of sp³-hybridized carbons (Fsp3) is 0.214. The van der Waals surface area contributed by atoms with Crippen molar-refractivity contribution in [1.29, 1.82) is 0 Å². The summed E-state index contributed by atoms with van der Waals surface area (Å²) >= 11 is 0. The lowest BCUT2D eigenvalue weighted by Gasteiger charge is -2.10. The van der Waals surface area contributed by atoms with E-state index in [0.29, 0.717) is 16.9 Å². The van der Waals surface area contributed by atoms with E-state index >= 15 is 0 Å². The highest BCUT2D eigenvalue weighted by Crippen LogP contribution is 2.13. The summed E-state index contributed by atoms with van der Waals surface area (Å²) in [5.41, 5.74) is 0.754. The molecule has 0 bridgehead atoms. The standard InChI is InChI=1S/C14H14FNO3/c1-9-7-10(4-5-11(9)15)14(18)16-8-12(17)13-3-2-6-19-13/h2-7,12,17H,8H2,1H3,(H,16,18). The summed E-state index contributed by atoms with van der Waals surface area (Å²) in [4.78, 5) is 11.8. The first-order chi connectivity index (χ1) is 9.08. The van der Waals surface area contributed by atoms with E-state index in [1.165, 1.54) is 24.5 Å². The molecule has 1 aromatic heterocycles. The molecule has 4 nitrogen and oxygen atoms in total. The summed E-state index contributed by atoms with van der Waals surface area (Å²) in [5.74, 6) is -0.337. The summed E-state index contributed by atoms with van der Waals surface area (Å²) < 4.78 is 18.1. The average molecular weight is 263 g/mol. The molecule has 1 aromatic carbocycles. The van der Waals surface area contributed by atoms with Gasteiger partial charge in [-0.2, -0.15) is 0 Å². The van der Waals surface area contributed by atoms with Crippen molar-refractivity contribution in [2.45, 2.75) is 13.0 Å². The van der Waals surface area contributed by atoms with Crippen molar-refractivity contribution in [3.63, 3.8) is 0 Å². The number of rotatable bonds is 4. The minimum atomic E-state index is -0.902. The fourth-order valence-corrected chi connectivity index (χ4v) is 1.66. The molecule has 0 saturated heterocycles. The van der Waals surface area contributed by atoms with Crippen molar-refractivity contribution in [1.82, 2.24) is 5.32 Å². The second kappa shape index (κ2) is 5.67. The quantitative estimate of drug-likeness (QED) is 0.888. The number of carbonyl (C=O) groups is 1. The zero-order valence-electron chi connectivity index (χ0n) is 10.4. The summed E-state index contributed by atoms with van der Waals surface area (Å²) in [6, 6.07) is 7.39. The zero-order valence-corrected chi connectivity index (χ0v) is 10.4. The van der Waals surface area contributed by atoms with Gasteiger partial charge < -0.3 is 14.8 Å². The molecular formula is C14H14FNO3. The molecule has 1 amide bonds. The van der Waals surface area contributed by atoms with Crippen molar-refractivity contribution in [3.05, 3.63) is 59.3 Å². The van der Waals surface area contributed by atoms with Gasteiger partial charge in [-0.25, -0.2) is 4.39 Å². The van der Waals surface area contributed by atoms with E-state index < -0.39 is 6.10 Å². The van der Waals surface area contributed by atoms with Gasteiger partial charge in [-0.05, 0) is 42.8 Å². The Kier molecular flexibility index (Phi) is 3.97. The van der Waals surface area contributed by atoms with E-state index in [9.17, 15) is 14.3 Å². The Morgan fingerprint density at radius 1 is 1.47 bits per heavy atom. The molecule has 19 heavy (non-hydrogen) atoms. The molecule has 0 aliphatic heterocycles. The lowest BCUT2D eigenvalue weighted by atomic mass is 10.1. The van der Waals surface area contributed by atoms with Crippen LogP contribution in [0.3, 0.4) is 0 Å². The lowest BCUT2D eigenvalue weighted by molar-refractivity contribution is 0.0901. The third-order valence-corrected chi connectivity index (χ3v) is 2.75. The van der Waals surface area contributed by atoms with Crippen LogP contribution in [0.25, 0.3) is 0 Å². The molecule has 1 heterocycles. The number of aryl methyl sites for hydroxylation is 1. The third-order valence-electron chi connectivity index (χ3n) is 2.75. The maximum Gasteiger partial charge on any atom is 0.251 e. The first-order valence-electron chi connectivity index (χ1n) is 5.83. The molecule has 5 heteroatoms. The van der Waals surface area contributed by atoms with E-state index in [0.717, 1.165) is 0 Å². The Hall–Kier alpha value is -2.14.